The van der Waals surface area contributed by atoms with Gasteiger partial charge < -0.3 is 20.9 Å². The highest BCUT2D eigenvalue weighted by atomic mass is 16.5. The predicted molar refractivity (Wildman–Crippen MR) is 68.2 cm³/mol. The van der Waals surface area contributed by atoms with Crippen LogP contribution in [0.4, 0.5) is 0 Å². The molecule has 0 rings (SSSR count). The van der Waals surface area contributed by atoms with Gasteiger partial charge in [0.05, 0.1) is 13.0 Å². The number of amides is 1. The summed E-state index contributed by atoms with van der Waals surface area (Å²) >= 11 is 0. The molecule has 19 heavy (non-hydrogen) atoms. The summed E-state index contributed by atoms with van der Waals surface area (Å²) in [4.78, 5) is 33.9. The second kappa shape index (κ2) is 8.47. The van der Waals surface area contributed by atoms with E-state index in [0.717, 1.165) is 0 Å². The molecule has 0 heterocycles. The van der Waals surface area contributed by atoms with Gasteiger partial charge in [-0.3, -0.25) is 9.59 Å². The molecular formula is C12H22N2O5. The maximum Gasteiger partial charge on any atom is 0.326 e. The van der Waals surface area contributed by atoms with Crippen molar-refractivity contribution in [3.05, 3.63) is 0 Å². The third kappa shape index (κ3) is 6.19. The number of hydrogen-bond acceptors (Lipinski definition) is 5. The number of nitrogens with two attached hydrogens (primary N) is 1. The van der Waals surface area contributed by atoms with Crippen LogP contribution in [0.1, 0.15) is 26.7 Å². The number of rotatable bonds is 8. The number of aliphatic carboxylic acids is 1. The van der Waals surface area contributed by atoms with Crippen LogP contribution in [0.5, 0.6) is 0 Å². The molecule has 0 spiro atoms. The van der Waals surface area contributed by atoms with Crippen molar-refractivity contribution in [3.63, 3.8) is 0 Å². The number of carbonyl (C=O) groups excluding carboxylic acids is 2. The first-order chi connectivity index (χ1) is 8.83. The maximum atomic E-state index is 11.9. The number of carboxylic acids is 1. The van der Waals surface area contributed by atoms with E-state index in [1.165, 1.54) is 7.11 Å². The number of ether oxygens (including phenoxy) is 1. The molecule has 0 radical (unpaired) electrons. The van der Waals surface area contributed by atoms with Crippen molar-refractivity contribution in [2.24, 2.45) is 17.6 Å². The number of methoxy groups -OCH3 is 1. The number of carboxylic acid groups (broad SMARTS) is 1. The van der Waals surface area contributed by atoms with Crippen molar-refractivity contribution < 1.29 is 24.2 Å². The van der Waals surface area contributed by atoms with Gasteiger partial charge in [0, 0.05) is 13.0 Å². The first kappa shape index (κ1) is 17.4. The highest BCUT2D eigenvalue weighted by Gasteiger charge is 2.26. The first-order valence-corrected chi connectivity index (χ1v) is 6.13. The molecule has 0 aliphatic carbocycles. The molecule has 0 aromatic carbocycles. The van der Waals surface area contributed by atoms with Crippen LogP contribution < -0.4 is 11.1 Å². The average molecular weight is 274 g/mol. The highest BCUT2D eigenvalue weighted by Crippen LogP contribution is 2.10. The van der Waals surface area contributed by atoms with E-state index >= 15 is 0 Å². The summed E-state index contributed by atoms with van der Waals surface area (Å²) in [5.41, 5.74) is 5.49. The van der Waals surface area contributed by atoms with E-state index < -0.39 is 29.8 Å². The summed E-state index contributed by atoms with van der Waals surface area (Å²) < 4.78 is 4.43. The zero-order valence-electron chi connectivity index (χ0n) is 11.5. The minimum absolute atomic E-state index is 0.0108. The van der Waals surface area contributed by atoms with Crippen LogP contribution in [0.15, 0.2) is 0 Å². The highest BCUT2D eigenvalue weighted by molar-refractivity contribution is 5.85. The molecule has 0 aliphatic heterocycles. The Morgan fingerprint density at radius 2 is 1.89 bits per heavy atom. The Bertz CT molecular complexity index is 330. The van der Waals surface area contributed by atoms with Crippen molar-refractivity contribution in [2.75, 3.05) is 13.7 Å². The fourth-order valence-corrected chi connectivity index (χ4v) is 1.58. The van der Waals surface area contributed by atoms with Crippen molar-refractivity contribution in [2.45, 2.75) is 32.7 Å². The van der Waals surface area contributed by atoms with Crippen molar-refractivity contribution in [1.29, 1.82) is 0 Å². The molecule has 110 valence electrons. The van der Waals surface area contributed by atoms with Gasteiger partial charge >= 0.3 is 11.9 Å². The lowest BCUT2D eigenvalue weighted by molar-refractivity contribution is -0.144. The topological polar surface area (TPSA) is 119 Å². The standard InChI is InChI=1S/C12H22N2O5/c1-7(2)8(6-13)11(16)14-9(12(17)18)4-5-10(15)19-3/h7-9H,4-6,13H2,1-3H3,(H,14,16)(H,17,18). The second-order valence-electron chi connectivity index (χ2n) is 4.60. The third-order valence-electron chi connectivity index (χ3n) is 2.87. The van der Waals surface area contributed by atoms with Gasteiger partial charge in [-0.2, -0.15) is 0 Å². The molecule has 0 aromatic heterocycles. The van der Waals surface area contributed by atoms with E-state index in [0.29, 0.717) is 0 Å². The van der Waals surface area contributed by atoms with Crippen molar-refractivity contribution in [3.8, 4) is 0 Å². The summed E-state index contributed by atoms with van der Waals surface area (Å²) in [6.07, 6.45) is -0.0775. The molecular weight excluding hydrogens is 252 g/mol. The fourth-order valence-electron chi connectivity index (χ4n) is 1.58. The van der Waals surface area contributed by atoms with Gasteiger partial charge in [0.15, 0.2) is 0 Å². The summed E-state index contributed by atoms with van der Waals surface area (Å²) in [7, 11) is 1.22. The summed E-state index contributed by atoms with van der Waals surface area (Å²) in [6, 6.07) is -1.11. The molecule has 2 unspecified atom stereocenters. The molecule has 0 saturated carbocycles. The largest absolute Gasteiger partial charge is 0.480 e. The van der Waals surface area contributed by atoms with E-state index in [9.17, 15) is 14.4 Å². The molecule has 0 fully saturated rings. The Morgan fingerprint density at radius 3 is 2.26 bits per heavy atom. The summed E-state index contributed by atoms with van der Waals surface area (Å²) in [6.45, 7) is 3.81. The van der Waals surface area contributed by atoms with Gasteiger partial charge in [0.2, 0.25) is 5.91 Å². The first-order valence-electron chi connectivity index (χ1n) is 6.13. The molecule has 0 aliphatic rings. The van der Waals surface area contributed by atoms with Gasteiger partial charge in [0.1, 0.15) is 6.04 Å². The fraction of sp³-hybridized carbons (Fsp3) is 0.750. The Balaban J connectivity index is 4.53. The zero-order chi connectivity index (χ0) is 15.0. The normalized spacial score (nSPS) is 13.7. The lowest BCUT2D eigenvalue weighted by Crippen LogP contribution is -2.46. The third-order valence-corrected chi connectivity index (χ3v) is 2.87. The van der Waals surface area contributed by atoms with Gasteiger partial charge in [-0.1, -0.05) is 13.8 Å². The quantitative estimate of drug-likeness (QED) is 0.525. The number of carbonyl (C=O) groups is 3. The van der Waals surface area contributed by atoms with Crippen molar-refractivity contribution in [1.82, 2.24) is 5.32 Å². The zero-order valence-corrected chi connectivity index (χ0v) is 11.5. The van der Waals surface area contributed by atoms with E-state index in [1.807, 2.05) is 13.8 Å². The van der Waals surface area contributed by atoms with Crippen LogP contribution in [0, 0.1) is 11.8 Å². The SMILES string of the molecule is COC(=O)CCC(NC(=O)C(CN)C(C)C)C(=O)O. The van der Waals surface area contributed by atoms with Crippen LogP contribution in [-0.4, -0.2) is 42.6 Å². The summed E-state index contributed by atoms with van der Waals surface area (Å²) in [5.74, 6) is -2.54. The average Bonchev–Trinajstić information content (AvgIpc) is 2.33. The Kier molecular flexibility index (Phi) is 7.74. The summed E-state index contributed by atoms with van der Waals surface area (Å²) in [5, 5.41) is 11.4. The number of esters is 1. The van der Waals surface area contributed by atoms with Gasteiger partial charge in [0.25, 0.3) is 0 Å². The lowest BCUT2D eigenvalue weighted by atomic mass is 9.94. The minimum atomic E-state index is -1.18. The molecule has 0 saturated heterocycles. The lowest BCUT2D eigenvalue weighted by Gasteiger charge is -2.21. The Morgan fingerprint density at radius 1 is 1.32 bits per heavy atom. The second-order valence-corrected chi connectivity index (χ2v) is 4.60. The van der Waals surface area contributed by atoms with Gasteiger partial charge in [-0.15, -0.1) is 0 Å². The van der Waals surface area contributed by atoms with Gasteiger partial charge in [-0.25, -0.2) is 4.79 Å². The van der Waals surface area contributed by atoms with E-state index in [2.05, 4.69) is 10.1 Å². The van der Waals surface area contributed by atoms with E-state index in [-0.39, 0.29) is 25.3 Å². The number of nitrogens with one attached hydrogen (secondary N) is 1. The van der Waals surface area contributed by atoms with E-state index in [1.54, 1.807) is 0 Å². The van der Waals surface area contributed by atoms with Gasteiger partial charge in [-0.05, 0) is 12.3 Å². The Labute approximate surface area is 112 Å². The predicted octanol–water partition coefficient (Wildman–Crippen LogP) is -0.260. The minimum Gasteiger partial charge on any atom is -0.480 e. The number of hydrogen-bond donors (Lipinski definition) is 3. The maximum absolute atomic E-state index is 11.9. The smallest absolute Gasteiger partial charge is 0.326 e. The van der Waals surface area contributed by atoms with Crippen molar-refractivity contribution >= 4 is 17.8 Å². The molecule has 7 heteroatoms. The molecule has 0 aromatic rings. The van der Waals surface area contributed by atoms with Crippen LogP contribution >= 0.6 is 0 Å². The van der Waals surface area contributed by atoms with Crippen LogP contribution in [-0.2, 0) is 19.1 Å². The monoisotopic (exact) mass is 274 g/mol. The molecule has 2 atom stereocenters. The van der Waals surface area contributed by atoms with Crippen LogP contribution in [0.3, 0.4) is 0 Å². The van der Waals surface area contributed by atoms with E-state index in [4.69, 9.17) is 10.8 Å². The molecule has 4 N–H and O–H groups in total. The molecule has 1 amide bonds. The molecule has 0 bridgehead atoms. The molecule has 7 nitrogen and oxygen atoms in total. The van der Waals surface area contributed by atoms with Crippen LogP contribution in [0.2, 0.25) is 0 Å². The van der Waals surface area contributed by atoms with Crippen LogP contribution in [0.25, 0.3) is 0 Å². The Hall–Kier alpha value is -1.63.